The molecule has 2 rings (SSSR count). The van der Waals surface area contributed by atoms with E-state index in [9.17, 15) is 9.59 Å². The molecule has 0 saturated carbocycles. The Labute approximate surface area is 121 Å². The number of hydrogen-bond donors (Lipinski definition) is 2. The lowest BCUT2D eigenvalue weighted by molar-refractivity contribution is 0.0696. The number of carbonyl (C=O) groups is 2. The molecule has 0 saturated heterocycles. The molecule has 0 unspecified atom stereocenters. The molecular weight excluding hydrogens is 337 g/mol. The van der Waals surface area contributed by atoms with Crippen LogP contribution in [0.15, 0.2) is 39.6 Å². The highest BCUT2D eigenvalue weighted by Crippen LogP contribution is 2.25. The van der Waals surface area contributed by atoms with Crippen molar-refractivity contribution in [2.24, 2.45) is 0 Å². The summed E-state index contributed by atoms with van der Waals surface area (Å²) in [5.41, 5.74) is 0.690. The summed E-state index contributed by atoms with van der Waals surface area (Å²) in [4.78, 5) is 22.6. The number of amides is 1. The van der Waals surface area contributed by atoms with Crippen molar-refractivity contribution in [1.82, 2.24) is 0 Å². The Morgan fingerprint density at radius 3 is 2.58 bits per heavy atom. The zero-order valence-corrected chi connectivity index (χ0v) is 11.7. The molecule has 0 radical (unpaired) electrons. The van der Waals surface area contributed by atoms with Crippen molar-refractivity contribution in [3.63, 3.8) is 0 Å². The third kappa shape index (κ3) is 2.97. The van der Waals surface area contributed by atoms with Crippen molar-refractivity contribution in [2.75, 3.05) is 5.32 Å². The zero-order valence-electron chi connectivity index (χ0n) is 9.31. The van der Waals surface area contributed by atoms with Gasteiger partial charge in [-0.1, -0.05) is 11.6 Å². The summed E-state index contributed by atoms with van der Waals surface area (Å²) < 4.78 is 5.26. The quantitative estimate of drug-likeness (QED) is 0.891. The first-order chi connectivity index (χ1) is 8.99. The van der Waals surface area contributed by atoms with Gasteiger partial charge in [0.2, 0.25) is 0 Å². The summed E-state index contributed by atoms with van der Waals surface area (Å²) in [6, 6.07) is 5.55. The normalized spacial score (nSPS) is 10.2. The number of nitrogens with one attached hydrogen (secondary N) is 1. The molecule has 7 heteroatoms. The molecule has 1 aromatic carbocycles. The third-order valence-electron chi connectivity index (χ3n) is 2.33. The van der Waals surface area contributed by atoms with Crippen molar-refractivity contribution in [1.29, 1.82) is 0 Å². The maximum atomic E-state index is 11.9. The minimum atomic E-state index is -1.09. The first-order valence-electron chi connectivity index (χ1n) is 5.06. The van der Waals surface area contributed by atoms with Gasteiger partial charge in [-0.25, -0.2) is 4.79 Å². The molecule has 19 heavy (non-hydrogen) atoms. The van der Waals surface area contributed by atoms with Crippen molar-refractivity contribution in [3.05, 3.63) is 51.3 Å². The number of rotatable bonds is 3. The molecule has 0 atom stereocenters. The number of furan rings is 1. The second-order valence-corrected chi connectivity index (χ2v) is 4.69. The lowest BCUT2D eigenvalue weighted by Crippen LogP contribution is -2.12. The topological polar surface area (TPSA) is 79.5 Å². The largest absolute Gasteiger partial charge is 0.478 e. The van der Waals surface area contributed by atoms with Crippen molar-refractivity contribution >= 4 is 45.1 Å². The Kier molecular flexibility index (Phi) is 3.92. The summed E-state index contributed by atoms with van der Waals surface area (Å²) in [6.07, 6.45) is 1.37. The average Bonchev–Trinajstić information content (AvgIpc) is 2.77. The van der Waals surface area contributed by atoms with Crippen LogP contribution in [0.25, 0.3) is 0 Å². The highest BCUT2D eigenvalue weighted by atomic mass is 79.9. The van der Waals surface area contributed by atoms with Gasteiger partial charge in [-0.3, -0.25) is 4.79 Å². The molecule has 1 amide bonds. The molecular formula is C12H7BrClNO4. The smallest absolute Gasteiger partial charge is 0.335 e. The molecule has 1 heterocycles. The zero-order chi connectivity index (χ0) is 14.0. The number of halogens is 2. The van der Waals surface area contributed by atoms with E-state index >= 15 is 0 Å². The van der Waals surface area contributed by atoms with Gasteiger partial charge in [0.25, 0.3) is 5.91 Å². The van der Waals surface area contributed by atoms with Crippen molar-refractivity contribution in [2.45, 2.75) is 0 Å². The maximum absolute atomic E-state index is 11.9. The Balaban J connectivity index is 2.23. The number of carboxylic acids is 1. The molecule has 5 nitrogen and oxygen atoms in total. The van der Waals surface area contributed by atoms with E-state index in [1.165, 1.54) is 30.5 Å². The van der Waals surface area contributed by atoms with Gasteiger partial charge in [-0.2, -0.15) is 0 Å². The first kappa shape index (κ1) is 13.6. The standard InChI is InChI=1S/C12H7BrClNO4/c13-10-7(3-4-19-10)11(16)15-9-2-1-6(12(17)18)5-8(9)14/h1-5H,(H,15,16)(H,17,18). The number of aromatic carboxylic acids is 1. The SMILES string of the molecule is O=C(O)c1ccc(NC(=O)c2ccoc2Br)c(Cl)c1. The maximum Gasteiger partial charge on any atom is 0.335 e. The highest BCUT2D eigenvalue weighted by molar-refractivity contribution is 9.10. The Hall–Kier alpha value is -1.79. The van der Waals surface area contributed by atoms with Crippen LogP contribution in [0.1, 0.15) is 20.7 Å². The fourth-order valence-corrected chi connectivity index (χ4v) is 2.04. The average molecular weight is 345 g/mol. The second-order valence-electron chi connectivity index (χ2n) is 3.56. The van der Waals surface area contributed by atoms with Crippen LogP contribution in [-0.4, -0.2) is 17.0 Å². The van der Waals surface area contributed by atoms with Gasteiger partial charge < -0.3 is 14.8 Å². The van der Waals surface area contributed by atoms with Crippen LogP contribution in [0, 0.1) is 0 Å². The number of carboxylic acid groups (broad SMARTS) is 1. The fourth-order valence-electron chi connectivity index (χ4n) is 1.39. The molecule has 1 aromatic heterocycles. The molecule has 2 aromatic rings. The van der Waals surface area contributed by atoms with Crippen LogP contribution in [0.5, 0.6) is 0 Å². The van der Waals surface area contributed by atoms with E-state index < -0.39 is 11.9 Å². The predicted molar refractivity (Wildman–Crippen MR) is 72.8 cm³/mol. The van der Waals surface area contributed by atoms with Gasteiger partial charge >= 0.3 is 5.97 Å². The van der Waals surface area contributed by atoms with Crippen LogP contribution in [0.4, 0.5) is 5.69 Å². The first-order valence-corrected chi connectivity index (χ1v) is 6.23. The second kappa shape index (κ2) is 5.46. The minimum Gasteiger partial charge on any atom is -0.478 e. The van der Waals surface area contributed by atoms with Crippen molar-refractivity contribution < 1.29 is 19.1 Å². The van der Waals surface area contributed by atoms with E-state index in [0.717, 1.165) is 0 Å². The van der Waals surface area contributed by atoms with E-state index in [1.54, 1.807) is 0 Å². The highest BCUT2D eigenvalue weighted by Gasteiger charge is 2.15. The summed E-state index contributed by atoms with van der Waals surface area (Å²) in [5, 5.41) is 11.5. The molecule has 2 N–H and O–H groups in total. The molecule has 0 aliphatic rings. The van der Waals surface area contributed by atoms with E-state index in [0.29, 0.717) is 15.9 Å². The summed E-state index contributed by atoms with van der Waals surface area (Å²) in [5.74, 6) is -1.50. The summed E-state index contributed by atoms with van der Waals surface area (Å²) in [7, 11) is 0. The van der Waals surface area contributed by atoms with Crippen LogP contribution in [-0.2, 0) is 0 Å². The van der Waals surface area contributed by atoms with Crippen LogP contribution in [0.3, 0.4) is 0 Å². The minimum absolute atomic E-state index is 0.0486. The van der Waals surface area contributed by atoms with E-state index in [1.807, 2.05) is 0 Å². The van der Waals surface area contributed by atoms with E-state index in [4.69, 9.17) is 21.1 Å². The lowest BCUT2D eigenvalue weighted by atomic mass is 10.2. The van der Waals surface area contributed by atoms with Crippen molar-refractivity contribution in [3.8, 4) is 0 Å². The summed E-state index contributed by atoms with van der Waals surface area (Å²) >= 11 is 9.00. The van der Waals surface area contributed by atoms with E-state index in [2.05, 4.69) is 21.2 Å². The Morgan fingerprint density at radius 1 is 1.32 bits per heavy atom. The molecule has 0 bridgehead atoms. The van der Waals surface area contributed by atoms with Gasteiger partial charge in [0.1, 0.15) is 0 Å². The van der Waals surface area contributed by atoms with Gasteiger partial charge in [-0.05, 0) is 40.2 Å². The predicted octanol–water partition coefficient (Wildman–Crippen LogP) is 3.65. The lowest BCUT2D eigenvalue weighted by Gasteiger charge is -2.07. The fraction of sp³-hybridized carbons (Fsp3) is 0. The number of hydrogen-bond acceptors (Lipinski definition) is 3. The molecule has 0 spiro atoms. The third-order valence-corrected chi connectivity index (χ3v) is 3.25. The molecule has 0 aliphatic carbocycles. The Morgan fingerprint density at radius 2 is 2.05 bits per heavy atom. The molecule has 98 valence electrons. The van der Waals surface area contributed by atoms with Crippen LogP contribution >= 0.6 is 27.5 Å². The number of anilines is 1. The number of benzene rings is 1. The van der Waals surface area contributed by atoms with Crippen LogP contribution < -0.4 is 5.32 Å². The number of carbonyl (C=O) groups excluding carboxylic acids is 1. The monoisotopic (exact) mass is 343 g/mol. The van der Waals surface area contributed by atoms with Gasteiger partial charge in [0.15, 0.2) is 4.67 Å². The van der Waals surface area contributed by atoms with Gasteiger partial charge in [0, 0.05) is 0 Å². The molecule has 0 aliphatic heterocycles. The van der Waals surface area contributed by atoms with Gasteiger partial charge in [-0.15, -0.1) is 0 Å². The van der Waals surface area contributed by atoms with Gasteiger partial charge in [0.05, 0.1) is 28.1 Å². The molecule has 0 fully saturated rings. The van der Waals surface area contributed by atoms with E-state index in [-0.39, 0.29) is 10.6 Å². The van der Waals surface area contributed by atoms with Crippen LogP contribution in [0.2, 0.25) is 5.02 Å². The Bertz CT molecular complexity index is 653. The summed E-state index contributed by atoms with van der Waals surface area (Å²) in [6.45, 7) is 0.